The molecule has 2 aromatic rings. The lowest BCUT2D eigenvalue weighted by molar-refractivity contribution is 0.965. The first-order chi connectivity index (χ1) is 9.66. The predicted octanol–water partition coefficient (Wildman–Crippen LogP) is 3.96. The van der Waals surface area contributed by atoms with Crippen LogP contribution in [0.2, 0.25) is 10.0 Å². The van der Waals surface area contributed by atoms with Crippen LogP contribution in [0, 0.1) is 0 Å². The molecule has 20 heavy (non-hydrogen) atoms. The van der Waals surface area contributed by atoms with Gasteiger partial charge in [0.2, 0.25) is 0 Å². The second-order valence-electron chi connectivity index (χ2n) is 4.21. The molecule has 0 spiro atoms. The quantitative estimate of drug-likeness (QED) is 0.663. The standard InChI is InChI=1S/C15H15Cl2N3/c16-13-7-4-8-14(17)12(13)9-10-19-15(18)20-11-5-2-1-3-6-11/h1-8H,9-10H2,(H3,18,19,20). The summed E-state index contributed by atoms with van der Waals surface area (Å²) in [6.45, 7) is 0.523. The molecule has 0 fully saturated rings. The maximum atomic E-state index is 6.09. The van der Waals surface area contributed by atoms with Gasteiger partial charge in [0.1, 0.15) is 0 Å². The minimum atomic E-state index is 0.374. The zero-order valence-electron chi connectivity index (χ0n) is 10.8. The first kappa shape index (κ1) is 14.7. The number of nitrogens with two attached hydrogens (primary N) is 1. The highest BCUT2D eigenvalue weighted by atomic mass is 35.5. The zero-order valence-corrected chi connectivity index (χ0v) is 12.3. The highest BCUT2D eigenvalue weighted by molar-refractivity contribution is 6.35. The molecule has 0 radical (unpaired) electrons. The van der Waals surface area contributed by atoms with E-state index in [0.29, 0.717) is 29.0 Å². The average Bonchev–Trinajstić information content (AvgIpc) is 2.43. The van der Waals surface area contributed by atoms with Crippen LogP contribution in [0.5, 0.6) is 0 Å². The van der Waals surface area contributed by atoms with Crippen molar-refractivity contribution < 1.29 is 0 Å². The Hall–Kier alpha value is -1.71. The molecule has 0 saturated heterocycles. The number of rotatable bonds is 4. The molecular weight excluding hydrogens is 293 g/mol. The lowest BCUT2D eigenvalue weighted by Gasteiger charge is -2.07. The molecule has 0 heterocycles. The van der Waals surface area contributed by atoms with Crippen LogP contribution in [0.1, 0.15) is 5.56 Å². The third-order valence-corrected chi connectivity index (χ3v) is 3.46. The van der Waals surface area contributed by atoms with E-state index >= 15 is 0 Å². The van der Waals surface area contributed by atoms with E-state index < -0.39 is 0 Å². The maximum absolute atomic E-state index is 6.09. The number of para-hydroxylation sites is 1. The summed E-state index contributed by atoms with van der Waals surface area (Å²) in [5, 5.41) is 4.33. The Kier molecular flexibility index (Phi) is 5.27. The monoisotopic (exact) mass is 307 g/mol. The van der Waals surface area contributed by atoms with Crippen molar-refractivity contribution in [1.29, 1.82) is 0 Å². The third kappa shape index (κ3) is 4.15. The molecular formula is C15H15Cl2N3. The predicted molar refractivity (Wildman–Crippen MR) is 86.7 cm³/mol. The molecule has 0 aliphatic rings. The van der Waals surface area contributed by atoms with Gasteiger partial charge in [-0.1, -0.05) is 47.5 Å². The van der Waals surface area contributed by atoms with Crippen LogP contribution in [-0.4, -0.2) is 12.5 Å². The van der Waals surface area contributed by atoms with E-state index in [1.165, 1.54) is 0 Å². The molecule has 0 aromatic heterocycles. The van der Waals surface area contributed by atoms with Crippen LogP contribution in [0.3, 0.4) is 0 Å². The van der Waals surface area contributed by atoms with Crippen molar-refractivity contribution in [3.05, 3.63) is 64.1 Å². The fraction of sp³-hybridized carbons (Fsp3) is 0.133. The van der Waals surface area contributed by atoms with Gasteiger partial charge in [-0.2, -0.15) is 0 Å². The van der Waals surface area contributed by atoms with Crippen LogP contribution in [-0.2, 0) is 6.42 Å². The lowest BCUT2D eigenvalue weighted by Crippen LogP contribution is -2.23. The fourth-order valence-electron chi connectivity index (χ4n) is 1.77. The van der Waals surface area contributed by atoms with E-state index in [1.807, 2.05) is 48.5 Å². The number of nitrogens with one attached hydrogen (secondary N) is 1. The first-order valence-corrected chi connectivity index (χ1v) is 6.97. The molecule has 3 nitrogen and oxygen atoms in total. The number of hydrogen-bond donors (Lipinski definition) is 2. The van der Waals surface area contributed by atoms with Crippen molar-refractivity contribution in [1.82, 2.24) is 0 Å². The highest BCUT2D eigenvalue weighted by Gasteiger charge is 2.04. The second-order valence-corrected chi connectivity index (χ2v) is 5.02. The van der Waals surface area contributed by atoms with Gasteiger partial charge >= 0.3 is 0 Å². The number of guanidine groups is 1. The summed E-state index contributed by atoms with van der Waals surface area (Å²) in [6.07, 6.45) is 0.648. The topological polar surface area (TPSA) is 50.4 Å². The molecule has 5 heteroatoms. The smallest absolute Gasteiger partial charge is 0.193 e. The van der Waals surface area contributed by atoms with Gasteiger partial charge in [0.25, 0.3) is 0 Å². The van der Waals surface area contributed by atoms with Crippen molar-refractivity contribution in [3.8, 4) is 0 Å². The summed E-state index contributed by atoms with van der Waals surface area (Å²) in [4.78, 5) is 4.26. The minimum absolute atomic E-state index is 0.374. The van der Waals surface area contributed by atoms with E-state index in [9.17, 15) is 0 Å². The van der Waals surface area contributed by atoms with Crippen LogP contribution in [0.4, 0.5) is 5.69 Å². The summed E-state index contributed by atoms with van der Waals surface area (Å²) in [5.41, 5.74) is 7.62. The Labute approximate surface area is 128 Å². The number of hydrogen-bond acceptors (Lipinski definition) is 1. The number of anilines is 1. The minimum Gasteiger partial charge on any atom is -0.370 e. The normalized spacial score (nSPS) is 11.4. The van der Waals surface area contributed by atoms with Crippen LogP contribution >= 0.6 is 23.2 Å². The zero-order chi connectivity index (χ0) is 14.4. The molecule has 2 aromatic carbocycles. The van der Waals surface area contributed by atoms with E-state index in [0.717, 1.165) is 11.3 Å². The summed E-state index contributed by atoms with van der Waals surface area (Å²) < 4.78 is 0. The Morgan fingerprint density at radius 3 is 2.30 bits per heavy atom. The lowest BCUT2D eigenvalue weighted by atomic mass is 10.1. The van der Waals surface area contributed by atoms with Gasteiger partial charge in [-0.05, 0) is 36.2 Å². The summed E-state index contributed by atoms with van der Waals surface area (Å²) in [6, 6.07) is 15.1. The van der Waals surface area contributed by atoms with Crippen LogP contribution in [0.15, 0.2) is 53.5 Å². The molecule has 0 aliphatic carbocycles. The molecule has 0 unspecified atom stereocenters. The molecule has 2 rings (SSSR count). The molecule has 3 N–H and O–H groups in total. The van der Waals surface area contributed by atoms with Gasteiger partial charge in [0.05, 0.1) is 0 Å². The average molecular weight is 308 g/mol. The number of aliphatic imine (C=N–C) groups is 1. The number of benzene rings is 2. The van der Waals surface area contributed by atoms with Gasteiger partial charge in [0, 0.05) is 22.3 Å². The SMILES string of the molecule is NC(=NCCc1c(Cl)cccc1Cl)Nc1ccccc1. The summed E-state index contributed by atoms with van der Waals surface area (Å²) in [5.74, 6) is 0.374. The van der Waals surface area contributed by atoms with Gasteiger partial charge in [-0.15, -0.1) is 0 Å². The van der Waals surface area contributed by atoms with E-state index in [1.54, 1.807) is 0 Å². The highest BCUT2D eigenvalue weighted by Crippen LogP contribution is 2.24. The van der Waals surface area contributed by atoms with Crippen molar-refractivity contribution in [2.75, 3.05) is 11.9 Å². The largest absolute Gasteiger partial charge is 0.370 e. The first-order valence-electron chi connectivity index (χ1n) is 6.21. The van der Waals surface area contributed by atoms with E-state index in [2.05, 4.69) is 10.3 Å². The van der Waals surface area contributed by atoms with Crippen molar-refractivity contribution in [3.63, 3.8) is 0 Å². The maximum Gasteiger partial charge on any atom is 0.193 e. The number of nitrogens with zero attached hydrogens (tertiary/aromatic N) is 1. The Balaban J connectivity index is 1.93. The summed E-state index contributed by atoms with van der Waals surface area (Å²) in [7, 11) is 0. The van der Waals surface area contributed by atoms with Gasteiger partial charge < -0.3 is 11.1 Å². The molecule has 0 amide bonds. The number of halogens is 2. The van der Waals surface area contributed by atoms with Crippen LogP contribution in [0.25, 0.3) is 0 Å². The third-order valence-electron chi connectivity index (χ3n) is 2.75. The van der Waals surface area contributed by atoms with Gasteiger partial charge in [-0.3, -0.25) is 4.99 Å². The van der Waals surface area contributed by atoms with Crippen molar-refractivity contribution in [2.45, 2.75) is 6.42 Å². The summed E-state index contributed by atoms with van der Waals surface area (Å²) >= 11 is 12.2. The molecule has 0 saturated carbocycles. The van der Waals surface area contributed by atoms with Gasteiger partial charge in [-0.25, -0.2) is 0 Å². The molecule has 0 aliphatic heterocycles. The molecule has 104 valence electrons. The molecule has 0 atom stereocenters. The van der Waals surface area contributed by atoms with Crippen molar-refractivity contribution in [2.24, 2.45) is 10.7 Å². The van der Waals surface area contributed by atoms with E-state index in [4.69, 9.17) is 28.9 Å². The van der Waals surface area contributed by atoms with E-state index in [-0.39, 0.29) is 0 Å². The van der Waals surface area contributed by atoms with Crippen LogP contribution < -0.4 is 11.1 Å². The Bertz CT molecular complexity index is 577. The fourth-order valence-corrected chi connectivity index (χ4v) is 2.35. The second kappa shape index (κ2) is 7.17. The molecule has 0 bridgehead atoms. The Morgan fingerprint density at radius 1 is 1.00 bits per heavy atom. The van der Waals surface area contributed by atoms with Crippen molar-refractivity contribution >= 4 is 34.8 Å². The Morgan fingerprint density at radius 2 is 1.65 bits per heavy atom. The van der Waals surface area contributed by atoms with Gasteiger partial charge in [0.15, 0.2) is 5.96 Å².